The van der Waals surface area contributed by atoms with Crippen molar-refractivity contribution in [3.63, 3.8) is 0 Å². The molecule has 98 valence electrons. The summed E-state index contributed by atoms with van der Waals surface area (Å²) < 4.78 is 5.34. The van der Waals surface area contributed by atoms with Gasteiger partial charge in [-0.15, -0.1) is 0 Å². The van der Waals surface area contributed by atoms with E-state index < -0.39 is 0 Å². The molecule has 0 bridgehead atoms. The van der Waals surface area contributed by atoms with Crippen molar-refractivity contribution < 1.29 is 9.53 Å². The Morgan fingerprint density at radius 2 is 2.17 bits per heavy atom. The van der Waals surface area contributed by atoms with Gasteiger partial charge in [0.2, 0.25) is 0 Å². The van der Waals surface area contributed by atoms with Gasteiger partial charge in [-0.3, -0.25) is 9.89 Å². The predicted octanol–water partition coefficient (Wildman–Crippen LogP) is 2.18. The van der Waals surface area contributed by atoms with Gasteiger partial charge in [-0.25, -0.2) is 0 Å². The topological polar surface area (TPSA) is 67.0 Å². The first-order valence-electron chi connectivity index (χ1n) is 6.81. The Bertz CT molecular complexity index is 418. The molecule has 0 radical (unpaired) electrons. The van der Waals surface area contributed by atoms with Gasteiger partial charge in [-0.1, -0.05) is 12.8 Å². The van der Waals surface area contributed by atoms with Crippen molar-refractivity contribution in [1.82, 2.24) is 10.2 Å². The van der Waals surface area contributed by atoms with E-state index in [4.69, 9.17) is 4.74 Å². The molecule has 5 nitrogen and oxygen atoms in total. The average Bonchev–Trinajstić information content (AvgIpc) is 3.12. The van der Waals surface area contributed by atoms with Crippen LogP contribution in [0.2, 0.25) is 0 Å². The molecule has 1 saturated heterocycles. The Hall–Kier alpha value is -1.36. The third-order valence-electron chi connectivity index (χ3n) is 3.87. The molecule has 1 aliphatic carbocycles. The molecule has 1 aromatic rings. The van der Waals surface area contributed by atoms with Gasteiger partial charge in [0, 0.05) is 24.3 Å². The Labute approximate surface area is 106 Å². The van der Waals surface area contributed by atoms with E-state index in [2.05, 4.69) is 15.5 Å². The zero-order valence-corrected chi connectivity index (χ0v) is 10.4. The molecule has 2 N–H and O–H groups in total. The minimum atomic E-state index is -0.295. The number of ether oxygens (including phenoxy) is 1. The van der Waals surface area contributed by atoms with Crippen molar-refractivity contribution in [2.75, 3.05) is 11.9 Å². The zero-order valence-electron chi connectivity index (χ0n) is 10.4. The van der Waals surface area contributed by atoms with Crippen LogP contribution < -0.4 is 5.32 Å². The molecular formula is C13H19N3O2. The van der Waals surface area contributed by atoms with E-state index in [9.17, 15) is 4.79 Å². The van der Waals surface area contributed by atoms with Crippen molar-refractivity contribution in [2.45, 2.75) is 50.5 Å². The van der Waals surface area contributed by atoms with Crippen LogP contribution in [0.25, 0.3) is 0 Å². The summed E-state index contributed by atoms with van der Waals surface area (Å²) in [6.45, 7) is 0.686. The maximum absolute atomic E-state index is 11.9. The monoisotopic (exact) mass is 249 g/mol. The third-order valence-corrected chi connectivity index (χ3v) is 3.87. The standard InChI is InChI=1S/C13H19N3O2/c17-13(11-6-3-7-18-11)14-12-8-10(15-16-12)9-4-1-2-5-9/h8-9,11H,1-7H2,(H2,14,15,16,17)/t11-/m0/s1. The van der Waals surface area contributed by atoms with Gasteiger partial charge >= 0.3 is 0 Å². The fourth-order valence-corrected chi connectivity index (χ4v) is 2.84. The lowest BCUT2D eigenvalue weighted by molar-refractivity contribution is -0.124. The lowest BCUT2D eigenvalue weighted by Crippen LogP contribution is -2.26. The van der Waals surface area contributed by atoms with Crippen LogP contribution in [0.5, 0.6) is 0 Å². The summed E-state index contributed by atoms with van der Waals surface area (Å²) in [7, 11) is 0. The molecule has 18 heavy (non-hydrogen) atoms. The first kappa shape index (κ1) is 11.7. The summed E-state index contributed by atoms with van der Waals surface area (Å²) in [5, 5.41) is 10.0. The molecule has 2 aliphatic rings. The van der Waals surface area contributed by atoms with Crippen LogP contribution in [0, 0.1) is 0 Å². The number of hydrogen-bond donors (Lipinski definition) is 2. The van der Waals surface area contributed by atoms with Crippen LogP contribution >= 0.6 is 0 Å². The van der Waals surface area contributed by atoms with E-state index in [1.165, 1.54) is 25.7 Å². The van der Waals surface area contributed by atoms with Crippen molar-refractivity contribution >= 4 is 11.7 Å². The van der Waals surface area contributed by atoms with Gasteiger partial charge in [0.15, 0.2) is 5.82 Å². The fraction of sp³-hybridized carbons (Fsp3) is 0.692. The van der Waals surface area contributed by atoms with E-state index in [1.54, 1.807) is 0 Å². The normalized spacial score (nSPS) is 24.6. The predicted molar refractivity (Wildman–Crippen MR) is 67.4 cm³/mol. The van der Waals surface area contributed by atoms with Crippen LogP contribution in [0.3, 0.4) is 0 Å². The summed E-state index contributed by atoms with van der Waals surface area (Å²) in [4.78, 5) is 11.9. The smallest absolute Gasteiger partial charge is 0.254 e. The number of aromatic nitrogens is 2. The van der Waals surface area contributed by atoms with E-state index >= 15 is 0 Å². The molecule has 5 heteroatoms. The molecule has 1 aromatic heterocycles. The van der Waals surface area contributed by atoms with Gasteiger partial charge < -0.3 is 10.1 Å². The number of amides is 1. The average molecular weight is 249 g/mol. The number of rotatable bonds is 3. The minimum Gasteiger partial charge on any atom is -0.368 e. The number of aromatic amines is 1. The summed E-state index contributed by atoms with van der Waals surface area (Å²) in [6.07, 6.45) is 6.51. The molecule has 0 unspecified atom stereocenters. The summed E-state index contributed by atoms with van der Waals surface area (Å²) in [6, 6.07) is 1.96. The fourth-order valence-electron chi connectivity index (χ4n) is 2.84. The second kappa shape index (κ2) is 5.10. The molecule has 0 spiro atoms. The van der Waals surface area contributed by atoms with E-state index in [-0.39, 0.29) is 12.0 Å². The van der Waals surface area contributed by atoms with Crippen molar-refractivity contribution in [1.29, 1.82) is 0 Å². The summed E-state index contributed by atoms with van der Waals surface area (Å²) in [5.41, 5.74) is 1.15. The van der Waals surface area contributed by atoms with Crippen molar-refractivity contribution in [2.24, 2.45) is 0 Å². The van der Waals surface area contributed by atoms with Gasteiger partial charge in [-0.05, 0) is 25.7 Å². The molecular weight excluding hydrogens is 230 g/mol. The second-order valence-corrected chi connectivity index (χ2v) is 5.18. The van der Waals surface area contributed by atoms with Crippen molar-refractivity contribution in [3.05, 3.63) is 11.8 Å². The van der Waals surface area contributed by atoms with Crippen molar-refractivity contribution in [3.8, 4) is 0 Å². The number of H-pyrrole nitrogens is 1. The number of nitrogens with zero attached hydrogens (tertiary/aromatic N) is 1. The molecule has 1 saturated carbocycles. The van der Waals surface area contributed by atoms with Crippen LogP contribution in [0.1, 0.15) is 50.1 Å². The van der Waals surface area contributed by atoms with E-state index in [0.717, 1.165) is 18.5 Å². The third kappa shape index (κ3) is 2.41. The van der Waals surface area contributed by atoms with Gasteiger partial charge in [0.1, 0.15) is 6.10 Å². The molecule has 1 amide bonds. The maximum Gasteiger partial charge on any atom is 0.254 e. The van der Waals surface area contributed by atoms with Crippen LogP contribution in [0.4, 0.5) is 5.82 Å². The number of carbonyl (C=O) groups is 1. The lowest BCUT2D eigenvalue weighted by Gasteiger charge is -2.07. The Morgan fingerprint density at radius 3 is 2.89 bits per heavy atom. The number of nitrogens with one attached hydrogen (secondary N) is 2. The van der Waals surface area contributed by atoms with Gasteiger partial charge in [-0.2, -0.15) is 5.10 Å². The van der Waals surface area contributed by atoms with E-state index in [0.29, 0.717) is 18.3 Å². The number of carbonyl (C=O) groups excluding carboxylic acids is 1. The molecule has 2 fully saturated rings. The summed E-state index contributed by atoms with van der Waals surface area (Å²) in [5.74, 6) is 1.14. The van der Waals surface area contributed by atoms with Crippen LogP contribution in [-0.2, 0) is 9.53 Å². The summed E-state index contributed by atoms with van der Waals surface area (Å²) >= 11 is 0. The Morgan fingerprint density at radius 1 is 1.33 bits per heavy atom. The molecule has 1 atom stereocenters. The molecule has 1 aliphatic heterocycles. The highest BCUT2D eigenvalue weighted by Crippen LogP contribution is 2.33. The van der Waals surface area contributed by atoms with Crippen LogP contribution in [-0.4, -0.2) is 28.8 Å². The molecule has 2 heterocycles. The SMILES string of the molecule is O=C(Nc1cc(C2CCCC2)[nH]n1)[C@@H]1CCCO1. The maximum atomic E-state index is 11.9. The zero-order chi connectivity index (χ0) is 12.4. The van der Waals surface area contributed by atoms with Gasteiger partial charge in [0.05, 0.1) is 0 Å². The Balaban J connectivity index is 1.60. The highest BCUT2D eigenvalue weighted by molar-refractivity contribution is 5.93. The van der Waals surface area contributed by atoms with E-state index in [1.807, 2.05) is 6.07 Å². The second-order valence-electron chi connectivity index (χ2n) is 5.18. The number of hydrogen-bond acceptors (Lipinski definition) is 3. The first-order chi connectivity index (χ1) is 8.83. The number of anilines is 1. The molecule has 3 rings (SSSR count). The lowest BCUT2D eigenvalue weighted by atomic mass is 10.0. The minimum absolute atomic E-state index is 0.0722. The highest BCUT2D eigenvalue weighted by Gasteiger charge is 2.25. The highest BCUT2D eigenvalue weighted by atomic mass is 16.5. The Kier molecular flexibility index (Phi) is 3.32. The first-order valence-corrected chi connectivity index (χ1v) is 6.81. The largest absolute Gasteiger partial charge is 0.368 e. The van der Waals surface area contributed by atoms with Crippen LogP contribution in [0.15, 0.2) is 6.07 Å². The quantitative estimate of drug-likeness (QED) is 0.862. The van der Waals surface area contributed by atoms with Gasteiger partial charge in [0.25, 0.3) is 5.91 Å². The molecule has 0 aromatic carbocycles.